The molecule has 0 spiro atoms. The van der Waals surface area contributed by atoms with Crippen LogP contribution in [0.5, 0.6) is 0 Å². The van der Waals surface area contributed by atoms with E-state index in [9.17, 15) is 4.79 Å². The normalized spacial score (nSPS) is 16.9. The Hall–Kier alpha value is -0.0500. The second-order valence-electron chi connectivity index (χ2n) is 4.54. The second-order valence-corrected chi connectivity index (χ2v) is 6.46. The summed E-state index contributed by atoms with van der Waals surface area (Å²) in [6, 6.07) is 3.70. The predicted molar refractivity (Wildman–Crippen MR) is 75.3 cm³/mol. The molecule has 1 nitrogen and oxygen atoms in total. The van der Waals surface area contributed by atoms with Crippen molar-refractivity contribution in [2.45, 2.75) is 31.0 Å². The van der Waals surface area contributed by atoms with Crippen LogP contribution in [0.15, 0.2) is 12.1 Å². The number of aryl methyl sites for hydroxylation is 1. The highest BCUT2D eigenvalue weighted by Crippen LogP contribution is 2.34. The number of alkyl halides is 1. The number of carbonyl (C=O) groups is 1. The van der Waals surface area contributed by atoms with Crippen LogP contribution in [0.2, 0.25) is 10.0 Å². The molecule has 0 N–H and O–H groups in total. The van der Waals surface area contributed by atoms with E-state index in [1.807, 2.05) is 19.1 Å². The predicted octanol–water partition coefficient (Wildman–Crippen LogP) is 4.59. The van der Waals surface area contributed by atoms with Crippen molar-refractivity contribution in [2.24, 2.45) is 5.92 Å². The lowest BCUT2D eigenvalue weighted by atomic mass is 10.0. The van der Waals surface area contributed by atoms with E-state index in [2.05, 4.69) is 15.9 Å². The molecular formula is C13H13BrCl2O. The lowest BCUT2D eigenvalue weighted by Crippen LogP contribution is -2.18. The van der Waals surface area contributed by atoms with Gasteiger partial charge in [0.15, 0.2) is 0 Å². The molecule has 1 fully saturated rings. The Morgan fingerprint density at radius 3 is 2.65 bits per heavy atom. The number of carbonyl (C=O) groups excluding carboxylic acids is 1. The van der Waals surface area contributed by atoms with Crippen molar-refractivity contribution < 1.29 is 4.79 Å². The number of rotatable bonds is 4. The van der Waals surface area contributed by atoms with Crippen LogP contribution in [0.25, 0.3) is 0 Å². The zero-order valence-electron chi connectivity index (χ0n) is 9.47. The first-order valence-electron chi connectivity index (χ1n) is 5.61. The third-order valence-electron chi connectivity index (χ3n) is 3.02. The summed E-state index contributed by atoms with van der Waals surface area (Å²) in [6.07, 6.45) is 2.67. The van der Waals surface area contributed by atoms with Crippen molar-refractivity contribution in [3.05, 3.63) is 33.3 Å². The highest BCUT2D eigenvalue weighted by atomic mass is 79.9. The molecule has 4 heteroatoms. The average molecular weight is 336 g/mol. The van der Waals surface area contributed by atoms with Crippen LogP contribution in [0.3, 0.4) is 0 Å². The molecule has 1 aliphatic carbocycles. The van der Waals surface area contributed by atoms with Gasteiger partial charge in [-0.25, -0.2) is 0 Å². The zero-order valence-corrected chi connectivity index (χ0v) is 12.6. The Kier molecular flexibility index (Phi) is 4.17. The summed E-state index contributed by atoms with van der Waals surface area (Å²) in [5.74, 6) is 0.553. The molecule has 0 aromatic heterocycles. The minimum Gasteiger partial charge on any atom is -0.298 e. The van der Waals surface area contributed by atoms with Crippen molar-refractivity contribution in [3.63, 3.8) is 0 Å². The molecule has 1 aromatic rings. The number of halogens is 3. The van der Waals surface area contributed by atoms with E-state index < -0.39 is 0 Å². The third-order valence-corrected chi connectivity index (χ3v) is 4.55. The van der Waals surface area contributed by atoms with Gasteiger partial charge in [0.2, 0.25) is 0 Å². The zero-order chi connectivity index (χ0) is 12.6. The molecule has 1 saturated carbocycles. The molecule has 1 aromatic carbocycles. The first kappa shape index (κ1) is 13.4. The maximum Gasteiger partial charge on any atom is 0.149 e. The summed E-state index contributed by atoms with van der Waals surface area (Å²) in [5, 5.41) is 1.38. The standard InChI is InChI=1S/C13H13BrCl2O/c1-7-4-12(16)9(6-11(7)15)5-10(14)13(17)8-2-3-8/h4,6,8,10H,2-3,5H2,1H3. The fourth-order valence-corrected chi connectivity index (χ4v) is 2.97. The maximum absolute atomic E-state index is 11.8. The van der Waals surface area contributed by atoms with Crippen LogP contribution in [0.1, 0.15) is 24.0 Å². The molecule has 17 heavy (non-hydrogen) atoms. The quantitative estimate of drug-likeness (QED) is 0.735. The lowest BCUT2D eigenvalue weighted by molar-refractivity contribution is -0.119. The molecule has 92 valence electrons. The van der Waals surface area contributed by atoms with Gasteiger partial charge in [0.05, 0.1) is 4.83 Å². The van der Waals surface area contributed by atoms with Crippen molar-refractivity contribution in [2.75, 3.05) is 0 Å². The number of hydrogen-bond donors (Lipinski definition) is 0. The molecule has 1 unspecified atom stereocenters. The van der Waals surface area contributed by atoms with E-state index in [4.69, 9.17) is 23.2 Å². The summed E-state index contributed by atoms with van der Waals surface area (Å²) in [6.45, 7) is 1.92. The van der Waals surface area contributed by atoms with Gasteiger partial charge in [-0.3, -0.25) is 4.79 Å². The number of benzene rings is 1. The Balaban J connectivity index is 2.12. The Labute approximate surface area is 120 Å². The van der Waals surface area contributed by atoms with Gasteiger partial charge in [0.1, 0.15) is 5.78 Å². The molecule has 0 amide bonds. The van der Waals surface area contributed by atoms with Crippen LogP contribution in [0, 0.1) is 12.8 Å². The summed E-state index contributed by atoms with van der Waals surface area (Å²) in [4.78, 5) is 11.7. The van der Waals surface area contributed by atoms with Crippen LogP contribution < -0.4 is 0 Å². The molecule has 2 rings (SSSR count). The van der Waals surface area contributed by atoms with E-state index in [0.29, 0.717) is 16.5 Å². The summed E-state index contributed by atoms with van der Waals surface area (Å²) in [7, 11) is 0. The minimum absolute atomic E-state index is 0.147. The van der Waals surface area contributed by atoms with Crippen molar-refractivity contribution >= 4 is 44.9 Å². The van der Waals surface area contributed by atoms with Gasteiger partial charge in [-0.2, -0.15) is 0 Å². The number of ketones is 1. The molecular weight excluding hydrogens is 323 g/mol. The molecule has 0 bridgehead atoms. The molecule has 0 saturated heterocycles. The average Bonchev–Trinajstić information content (AvgIpc) is 3.08. The van der Waals surface area contributed by atoms with Crippen LogP contribution in [-0.2, 0) is 11.2 Å². The number of hydrogen-bond acceptors (Lipinski definition) is 1. The van der Waals surface area contributed by atoms with Crippen LogP contribution in [-0.4, -0.2) is 10.6 Å². The van der Waals surface area contributed by atoms with Crippen LogP contribution >= 0.6 is 39.1 Å². The fourth-order valence-electron chi connectivity index (χ4n) is 1.76. The molecule has 0 heterocycles. The SMILES string of the molecule is Cc1cc(Cl)c(CC(Br)C(=O)C2CC2)cc1Cl. The van der Waals surface area contributed by atoms with Crippen molar-refractivity contribution in [1.82, 2.24) is 0 Å². The van der Waals surface area contributed by atoms with Gasteiger partial charge < -0.3 is 0 Å². The van der Waals surface area contributed by atoms with E-state index in [1.165, 1.54) is 0 Å². The first-order valence-corrected chi connectivity index (χ1v) is 7.28. The second kappa shape index (κ2) is 5.29. The summed E-state index contributed by atoms with van der Waals surface area (Å²) in [5.41, 5.74) is 1.89. The lowest BCUT2D eigenvalue weighted by Gasteiger charge is -2.11. The smallest absolute Gasteiger partial charge is 0.149 e. The highest BCUT2D eigenvalue weighted by molar-refractivity contribution is 9.10. The summed E-state index contributed by atoms with van der Waals surface area (Å²) >= 11 is 15.7. The first-order chi connectivity index (χ1) is 7.99. The van der Waals surface area contributed by atoms with Gasteiger partial charge in [0.25, 0.3) is 0 Å². The largest absolute Gasteiger partial charge is 0.298 e. The number of Topliss-reactive ketones (excluding diaryl/α,β-unsaturated/α-hetero) is 1. The monoisotopic (exact) mass is 334 g/mol. The Bertz CT molecular complexity index is 455. The van der Waals surface area contributed by atoms with Gasteiger partial charge in [0, 0.05) is 16.0 Å². The Morgan fingerprint density at radius 2 is 2.06 bits per heavy atom. The fraction of sp³-hybridized carbons (Fsp3) is 0.462. The van der Waals surface area contributed by atoms with Crippen molar-refractivity contribution in [1.29, 1.82) is 0 Å². The molecule has 1 aliphatic rings. The van der Waals surface area contributed by atoms with E-state index in [0.717, 1.165) is 24.0 Å². The highest BCUT2D eigenvalue weighted by Gasteiger charge is 2.33. The van der Waals surface area contributed by atoms with E-state index >= 15 is 0 Å². The summed E-state index contributed by atoms with van der Waals surface area (Å²) < 4.78 is 0. The molecule has 0 aliphatic heterocycles. The third kappa shape index (κ3) is 3.24. The maximum atomic E-state index is 11.8. The van der Waals surface area contributed by atoms with Crippen molar-refractivity contribution in [3.8, 4) is 0 Å². The Morgan fingerprint density at radius 1 is 1.41 bits per heavy atom. The van der Waals surface area contributed by atoms with Crippen LogP contribution in [0.4, 0.5) is 0 Å². The molecule has 1 atom stereocenters. The van der Waals surface area contributed by atoms with E-state index in [1.54, 1.807) is 0 Å². The van der Waals surface area contributed by atoms with Gasteiger partial charge in [-0.15, -0.1) is 0 Å². The van der Waals surface area contributed by atoms with Gasteiger partial charge >= 0.3 is 0 Å². The molecule has 0 radical (unpaired) electrons. The minimum atomic E-state index is -0.147. The topological polar surface area (TPSA) is 17.1 Å². The van der Waals surface area contributed by atoms with Gasteiger partial charge in [-0.05, 0) is 49.4 Å². The van der Waals surface area contributed by atoms with Gasteiger partial charge in [-0.1, -0.05) is 39.1 Å². The van der Waals surface area contributed by atoms with E-state index in [-0.39, 0.29) is 16.5 Å².